The second-order valence-corrected chi connectivity index (χ2v) is 7.12. The highest BCUT2D eigenvalue weighted by molar-refractivity contribution is 8.00. The van der Waals surface area contributed by atoms with Crippen LogP contribution in [0.2, 0.25) is 0 Å². The number of thioether (sulfide) groups is 1. The van der Waals surface area contributed by atoms with Gasteiger partial charge in [-0.3, -0.25) is 9.59 Å². The van der Waals surface area contributed by atoms with Crippen LogP contribution < -0.4 is 5.32 Å². The van der Waals surface area contributed by atoms with E-state index in [1.165, 1.54) is 34.2 Å². The molecule has 1 amide bonds. The van der Waals surface area contributed by atoms with Gasteiger partial charge in [0.25, 0.3) is 0 Å². The summed E-state index contributed by atoms with van der Waals surface area (Å²) in [5.41, 5.74) is 3.06. The van der Waals surface area contributed by atoms with Crippen molar-refractivity contribution in [2.75, 3.05) is 17.7 Å². The number of anilines is 1. The van der Waals surface area contributed by atoms with E-state index in [0.29, 0.717) is 23.2 Å². The topological polar surface area (TPSA) is 68.3 Å². The number of esters is 1. The van der Waals surface area contributed by atoms with Crippen LogP contribution in [-0.4, -0.2) is 29.2 Å². The predicted molar refractivity (Wildman–Crippen MR) is 97.7 cm³/mol. The fourth-order valence-corrected chi connectivity index (χ4v) is 3.43. The zero-order valence-electron chi connectivity index (χ0n) is 13.9. The van der Waals surface area contributed by atoms with Gasteiger partial charge in [-0.25, -0.2) is 4.98 Å². The van der Waals surface area contributed by atoms with Crippen LogP contribution >= 0.6 is 23.1 Å². The SMILES string of the molecule is CCOC(=O)Cc1csc(NC(=O)CSc2ccc(C)c(C)c2)n1. The third-order valence-corrected chi connectivity index (χ3v) is 5.08. The van der Waals surface area contributed by atoms with Crippen molar-refractivity contribution in [1.29, 1.82) is 0 Å². The summed E-state index contributed by atoms with van der Waals surface area (Å²) in [6.45, 7) is 6.23. The Morgan fingerprint density at radius 1 is 1.29 bits per heavy atom. The van der Waals surface area contributed by atoms with E-state index in [9.17, 15) is 9.59 Å². The Morgan fingerprint density at radius 2 is 2.08 bits per heavy atom. The standard InChI is InChI=1S/C17H20N2O3S2/c1-4-22-16(21)8-13-9-24-17(18-13)19-15(20)10-23-14-6-5-11(2)12(3)7-14/h5-7,9H,4,8,10H2,1-3H3,(H,18,19,20). The lowest BCUT2D eigenvalue weighted by Crippen LogP contribution is -2.14. The summed E-state index contributed by atoms with van der Waals surface area (Å²) < 4.78 is 4.88. The summed E-state index contributed by atoms with van der Waals surface area (Å²) in [4.78, 5) is 28.7. The van der Waals surface area contributed by atoms with Gasteiger partial charge in [-0.2, -0.15) is 0 Å². The molecule has 0 radical (unpaired) electrons. The quantitative estimate of drug-likeness (QED) is 0.600. The molecule has 1 N–H and O–H groups in total. The van der Waals surface area contributed by atoms with Crippen LogP contribution in [0.25, 0.3) is 0 Å². The zero-order valence-corrected chi connectivity index (χ0v) is 15.6. The number of hydrogen-bond acceptors (Lipinski definition) is 6. The van der Waals surface area contributed by atoms with Crippen molar-refractivity contribution in [3.8, 4) is 0 Å². The number of aryl methyl sites for hydroxylation is 2. The molecule has 1 aromatic heterocycles. The molecule has 0 saturated heterocycles. The summed E-state index contributed by atoms with van der Waals surface area (Å²) >= 11 is 2.79. The summed E-state index contributed by atoms with van der Waals surface area (Å²) in [5, 5.41) is 5.01. The number of ether oxygens (including phenoxy) is 1. The van der Waals surface area contributed by atoms with Crippen LogP contribution in [0.3, 0.4) is 0 Å². The van der Waals surface area contributed by atoms with Gasteiger partial charge in [-0.05, 0) is 44.0 Å². The van der Waals surface area contributed by atoms with Gasteiger partial charge >= 0.3 is 5.97 Å². The lowest BCUT2D eigenvalue weighted by molar-refractivity contribution is -0.142. The van der Waals surface area contributed by atoms with Crippen LogP contribution in [0, 0.1) is 13.8 Å². The van der Waals surface area contributed by atoms with Gasteiger partial charge in [0.05, 0.1) is 24.5 Å². The number of nitrogens with one attached hydrogen (secondary N) is 1. The molecule has 0 bridgehead atoms. The average molecular weight is 364 g/mol. The van der Waals surface area contributed by atoms with Gasteiger partial charge in [0.15, 0.2) is 5.13 Å². The summed E-state index contributed by atoms with van der Waals surface area (Å²) in [6.07, 6.45) is 0.123. The minimum Gasteiger partial charge on any atom is -0.466 e. The van der Waals surface area contributed by atoms with Crippen LogP contribution in [0.5, 0.6) is 0 Å². The molecule has 7 heteroatoms. The third kappa shape index (κ3) is 5.65. The molecular weight excluding hydrogens is 344 g/mol. The van der Waals surface area contributed by atoms with Crippen LogP contribution in [-0.2, 0) is 20.7 Å². The van der Waals surface area contributed by atoms with Gasteiger partial charge in [0.1, 0.15) is 0 Å². The van der Waals surface area contributed by atoms with Crippen molar-refractivity contribution in [3.63, 3.8) is 0 Å². The van der Waals surface area contributed by atoms with Crippen molar-refractivity contribution in [2.45, 2.75) is 32.1 Å². The molecule has 0 aliphatic carbocycles. The number of benzene rings is 1. The molecule has 1 aromatic carbocycles. The molecular formula is C17H20N2O3S2. The summed E-state index contributed by atoms with van der Waals surface area (Å²) in [6, 6.07) is 6.15. The number of hydrogen-bond donors (Lipinski definition) is 1. The van der Waals surface area contributed by atoms with E-state index in [4.69, 9.17) is 4.74 Å². The predicted octanol–water partition coefficient (Wildman–Crippen LogP) is 3.60. The lowest BCUT2D eigenvalue weighted by atomic mass is 10.1. The highest BCUT2D eigenvalue weighted by Crippen LogP contribution is 2.22. The normalized spacial score (nSPS) is 10.5. The molecule has 24 heavy (non-hydrogen) atoms. The Balaban J connectivity index is 1.83. The molecule has 2 rings (SSSR count). The smallest absolute Gasteiger partial charge is 0.311 e. The fourth-order valence-electron chi connectivity index (χ4n) is 1.91. The van der Waals surface area contributed by atoms with Gasteiger partial charge in [0.2, 0.25) is 5.91 Å². The Bertz CT molecular complexity index is 728. The molecule has 2 aromatic rings. The van der Waals surface area contributed by atoms with Crippen molar-refractivity contribution in [1.82, 2.24) is 4.98 Å². The first-order valence-corrected chi connectivity index (χ1v) is 9.44. The summed E-state index contributed by atoms with van der Waals surface area (Å²) in [5.74, 6) is -0.115. The largest absolute Gasteiger partial charge is 0.466 e. The molecule has 1 heterocycles. The minimum absolute atomic E-state index is 0.115. The van der Waals surface area contributed by atoms with Crippen LogP contribution in [0.1, 0.15) is 23.7 Å². The van der Waals surface area contributed by atoms with Gasteiger partial charge in [-0.1, -0.05) is 6.07 Å². The van der Waals surface area contributed by atoms with Gasteiger partial charge in [0, 0.05) is 10.3 Å². The molecule has 0 fully saturated rings. The number of nitrogens with zero attached hydrogens (tertiary/aromatic N) is 1. The molecule has 0 saturated carbocycles. The number of carbonyl (C=O) groups is 2. The van der Waals surface area contributed by atoms with Crippen molar-refractivity contribution < 1.29 is 14.3 Å². The van der Waals surface area contributed by atoms with Gasteiger partial charge < -0.3 is 10.1 Å². The van der Waals surface area contributed by atoms with Crippen molar-refractivity contribution >= 4 is 40.1 Å². The number of aromatic nitrogens is 1. The molecule has 0 aliphatic rings. The first-order chi connectivity index (χ1) is 11.5. The van der Waals surface area contributed by atoms with Crippen molar-refractivity contribution in [3.05, 3.63) is 40.4 Å². The number of amides is 1. The Kier molecular flexibility index (Phi) is 6.81. The molecule has 0 aliphatic heterocycles. The lowest BCUT2D eigenvalue weighted by Gasteiger charge is -2.05. The molecule has 5 nitrogen and oxygen atoms in total. The Morgan fingerprint density at radius 3 is 2.79 bits per heavy atom. The zero-order chi connectivity index (χ0) is 17.5. The van der Waals surface area contributed by atoms with E-state index in [0.717, 1.165) is 4.90 Å². The van der Waals surface area contributed by atoms with E-state index in [2.05, 4.69) is 36.3 Å². The van der Waals surface area contributed by atoms with Crippen molar-refractivity contribution in [2.24, 2.45) is 0 Å². The fraction of sp³-hybridized carbons (Fsp3) is 0.353. The van der Waals surface area contributed by atoms with E-state index >= 15 is 0 Å². The highest BCUT2D eigenvalue weighted by Gasteiger charge is 2.11. The Hall–Kier alpha value is -1.86. The average Bonchev–Trinajstić information content (AvgIpc) is 2.95. The maximum Gasteiger partial charge on any atom is 0.311 e. The van der Waals surface area contributed by atoms with Crippen LogP contribution in [0.4, 0.5) is 5.13 Å². The van der Waals surface area contributed by atoms with Crippen LogP contribution in [0.15, 0.2) is 28.5 Å². The van der Waals surface area contributed by atoms with E-state index in [1.807, 2.05) is 6.07 Å². The van der Waals surface area contributed by atoms with E-state index in [-0.39, 0.29) is 18.3 Å². The second kappa shape index (κ2) is 8.84. The number of carbonyl (C=O) groups excluding carboxylic acids is 2. The van der Waals surface area contributed by atoms with E-state index in [1.54, 1.807) is 12.3 Å². The number of thiazole rings is 1. The first kappa shape index (κ1) is 18.5. The highest BCUT2D eigenvalue weighted by atomic mass is 32.2. The number of rotatable bonds is 7. The maximum atomic E-state index is 12.0. The monoisotopic (exact) mass is 364 g/mol. The minimum atomic E-state index is -0.314. The third-order valence-electron chi connectivity index (χ3n) is 3.28. The molecule has 128 valence electrons. The summed E-state index contributed by atoms with van der Waals surface area (Å²) in [7, 11) is 0. The Labute approximate surface area is 149 Å². The van der Waals surface area contributed by atoms with E-state index < -0.39 is 0 Å². The maximum absolute atomic E-state index is 12.0. The molecule has 0 spiro atoms. The first-order valence-electron chi connectivity index (χ1n) is 7.58. The molecule has 0 unspecified atom stereocenters. The van der Waals surface area contributed by atoms with Gasteiger partial charge in [-0.15, -0.1) is 23.1 Å². The second-order valence-electron chi connectivity index (χ2n) is 5.21. The molecule has 0 atom stereocenters.